The summed E-state index contributed by atoms with van der Waals surface area (Å²) in [5.74, 6) is 5.76. The molecule has 1 heterocycles. The first-order chi connectivity index (χ1) is 9.67. The second-order valence-corrected chi connectivity index (χ2v) is 4.56. The molecule has 0 aliphatic rings. The molecule has 5 nitrogen and oxygen atoms in total. The highest BCUT2D eigenvalue weighted by molar-refractivity contribution is 5.37. The predicted molar refractivity (Wildman–Crippen MR) is 74.5 cm³/mol. The number of rotatable bonds is 6. The number of nitrogens with two attached hydrogens (primary N) is 1. The molecule has 0 amide bonds. The van der Waals surface area contributed by atoms with E-state index >= 15 is 0 Å². The van der Waals surface area contributed by atoms with Crippen molar-refractivity contribution >= 4 is 0 Å². The van der Waals surface area contributed by atoms with Crippen LogP contribution in [0.3, 0.4) is 0 Å². The van der Waals surface area contributed by atoms with Gasteiger partial charge in [0.2, 0.25) is 0 Å². The van der Waals surface area contributed by atoms with Gasteiger partial charge in [0.05, 0.1) is 13.2 Å². The number of aromatic nitrogens is 2. The fourth-order valence-electron chi connectivity index (χ4n) is 2.28. The van der Waals surface area contributed by atoms with Gasteiger partial charge in [-0.1, -0.05) is 6.07 Å². The molecule has 0 bridgehead atoms. The molecule has 0 spiro atoms. The standard InChI is InChI=1S/C14H19FN4O/c1-19-10(8-9-17-19)6-7-12(18-16)14-11(15)4-3-5-13(14)20-2/h3-5,8-9,12,18H,6-7,16H2,1-2H3. The third-order valence-corrected chi connectivity index (χ3v) is 3.39. The Balaban J connectivity index is 2.18. The Morgan fingerprint density at radius 2 is 2.25 bits per heavy atom. The molecule has 1 aromatic carbocycles. The van der Waals surface area contributed by atoms with Crippen LogP contribution < -0.4 is 16.0 Å². The van der Waals surface area contributed by atoms with Crippen LogP contribution >= 0.6 is 0 Å². The van der Waals surface area contributed by atoms with Gasteiger partial charge in [0.15, 0.2) is 0 Å². The highest BCUT2D eigenvalue weighted by atomic mass is 19.1. The van der Waals surface area contributed by atoms with Crippen LogP contribution in [0.4, 0.5) is 4.39 Å². The van der Waals surface area contributed by atoms with Crippen molar-refractivity contribution in [3.8, 4) is 5.75 Å². The molecule has 1 atom stereocenters. The van der Waals surface area contributed by atoms with Crippen LogP contribution in [0.2, 0.25) is 0 Å². The summed E-state index contributed by atoms with van der Waals surface area (Å²) in [6.45, 7) is 0. The van der Waals surface area contributed by atoms with E-state index in [0.29, 0.717) is 17.7 Å². The van der Waals surface area contributed by atoms with Crippen molar-refractivity contribution in [3.05, 3.63) is 47.5 Å². The number of aryl methyl sites for hydroxylation is 2. The van der Waals surface area contributed by atoms with Gasteiger partial charge in [0.1, 0.15) is 11.6 Å². The number of ether oxygens (including phenoxy) is 1. The zero-order valence-corrected chi connectivity index (χ0v) is 11.6. The zero-order valence-electron chi connectivity index (χ0n) is 11.6. The Hall–Kier alpha value is -1.92. The van der Waals surface area contributed by atoms with Gasteiger partial charge in [0, 0.05) is 24.5 Å². The first kappa shape index (κ1) is 14.5. The Morgan fingerprint density at radius 3 is 2.85 bits per heavy atom. The van der Waals surface area contributed by atoms with Crippen molar-refractivity contribution in [2.75, 3.05) is 7.11 Å². The molecule has 108 valence electrons. The van der Waals surface area contributed by atoms with Crippen LogP contribution in [0.1, 0.15) is 23.7 Å². The summed E-state index contributed by atoms with van der Waals surface area (Å²) >= 11 is 0. The van der Waals surface area contributed by atoms with E-state index in [4.69, 9.17) is 10.6 Å². The number of methoxy groups -OCH3 is 1. The van der Waals surface area contributed by atoms with Gasteiger partial charge >= 0.3 is 0 Å². The number of nitrogens with one attached hydrogen (secondary N) is 1. The number of hydrogen-bond donors (Lipinski definition) is 2. The summed E-state index contributed by atoms with van der Waals surface area (Å²) in [6.07, 6.45) is 3.13. The van der Waals surface area contributed by atoms with Crippen LogP contribution in [-0.4, -0.2) is 16.9 Å². The highest BCUT2D eigenvalue weighted by Gasteiger charge is 2.19. The minimum absolute atomic E-state index is 0.318. The lowest BCUT2D eigenvalue weighted by atomic mass is 10.00. The molecule has 0 radical (unpaired) electrons. The lowest BCUT2D eigenvalue weighted by Crippen LogP contribution is -2.29. The number of benzene rings is 1. The summed E-state index contributed by atoms with van der Waals surface area (Å²) in [5.41, 5.74) is 4.19. The van der Waals surface area contributed by atoms with E-state index in [2.05, 4.69) is 10.5 Å². The lowest BCUT2D eigenvalue weighted by Gasteiger charge is -2.19. The number of hydrogen-bond acceptors (Lipinski definition) is 4. The van der Waals surface area contributed by atoms with E-state index in [1.807, 2.05) is 13.1 Å². The molecule has 0 saturated carbocycles. The summed E-state index contributed by atoms with van der Waals surface area (Å²) in [5, 5.41) is 4.11. The molecule has 0 aliphatic carbocycles. The zero-order chi connectivity index (χ0) is 14.5. The van der Waals surface area contributed by atoms with E-state index in [-0.39, 0.29) is 11.9 Å². The third kappa shape index (κ3) is 2.97. The predicted octanol–water partition coefficient (Wildman–Crippen LogP) is 1.70. The van der Waals surface area contributed by atoms with Gasteiger partial charge in [0.25, 0.3) is 0 Å². The quantitative estimate of drug-likeness (QED) is 0.623. The van der Waals surface area contributed by atoms with E-state index in [0.717, 1.165) is 12.1 Å². The van der Waals surface area contributed by atoms with Gasteiger partial charge in [-0.05, 0) is 31.0 Å². The maximum absolute atomic E-state index is 14.0. The van der Waals surface area contributed by atoms with Crippen molar-refractivity contribution in [1.29, 1.82) is 0 Å². The molecule has 6 heteroatoms. The molecular formula is C14H19FN4O. The van der Waals surface area contributed by atoms with Crippen LogP contribution in [0.25, 0.3) is 0 Å². The molecular weight excluding hydrogens is 259 g/mol. The summed E-state index contributed by atoms with van der Waals surface area (Å²) in [7, 11) is 3.40. The largest absolute Gasteiger partial charge is 0.496 e. The Bertz CT molecular complexity index is 570. The number of nitrogens with zero attached hydrogens (tertiary/aromatic N) is 2. The van der Waals surface area contributed by atoms with Gasteiger partial charge in [-0.15, -0.1) is 0 Å². The molecule has 0 aliphatic heterocycles. The fraction of sp³-hybridized carbons (Fsp3) is 0.357. The van der Waals surface area contributed by atoms with Crippen LogP contribution in [0.5, 0.6) is 5.75 Å². The van der Waals surface area contributed by atoms with Gasteiger partial charge in [-0.25, -0.2) is 4.39 Å². The van der Waals surface area contributed by atoms with Crippen molar-refractivity contribution in [2.45, 2.75) is 18.9 Å². The third-order valence-electron chi connectivity index (χ3n) is 3.39. The maximum Gasteiger partial charge on any atom is 0.131 e. The molecule has 2 rings (SSSR count). The molecule has 0 saturated heterocycles. The van der Waals surface area contributed by atoms with Crippen LogP contribution in [0.15, 0.2) is 30.5 Å². The van der Waals surface area contributed by atoms with E-state index in [1.165, 1.54) is 13.2 Å². The van der Waals surface area contributed by atoms with E-state index < -0.39 is 0 Å². The molecule has 1 unspecified atom stereocenters. The maximum atomic E-state index is 14.0. The van der Waals surface area contributed by atoms with Crippen LogP contribution in [-0.2, 0) is 13.5 Å². The second-order valence-electron chi connectivity index (χ2n) is 4.56. The van der Waals surface area contributed by atoms with Crippen molar-refractivity contribution in [3.63, 3.8) is 0 Å². The molecule has 20 heavy (non-hydrogen) atoms. The SMILES string of the molecule is COc1cccc(F)c1C(CCc1ccnn1C)NN. The summed E-state index contributed by atoms with van der Waals surface area (Å²) in [4.78, 5) is 0. The minimum Gasteiger partial charge on any atom is -0.496 e. The summed E-state index contributed by atoms with van der Waals surface area (Å²) < 4.78 is 21.0. The molecule has 1 aromatic heterocycles. The Kier molecular flexibility index (Phi) is 4.70. The summed E-state index contributed by atoms with van der Waals surface area (Å²) in [6, 6.07) is 6.37. The minimum atomic E-state index is -0.322. The first-order valence-corrected chi connectivity index (χ1v) is 6.42. The Morgan fingerprint density at radius 1 is 1.45 bits per heavy atom. The molecule has 2 aromatic rings. The first-order valence-electron chi connectivity index (χ1n) is 6.42. The van der Waals surface area contributed by atoms with Crippen molar-refractivity contribution in [2.24, 2.45) is 12.9 Å². The molecule has 3 N–H and O–H groups in total. The van der Waals surface area contributed by atoms with Crippen molar-refractivity contribution in [1.82, 2.24) is 15.2 Å². The van der Waals surface area contributed by atoms with Gasteiger partial charge < -0.3 is 4.74 Å². The van der Waals surface area contributed by atoms with Crippen LogP contribution in [0, 0.1) is 5.82 Å². The smallest absolute Gasteiger partial charge is 0.131 e. The second kappa shape index (κ2) is 6.49. The van der Waals surface area contributed by atoms with Gasteiger partial charge in [-0.2, -0.15) is 5.10 Å². The van der Waals surface area contributed by atoms with Crippen molar-refractivity contribution < 1.29 is 9.13 Å². The van der Waals surface area contributed by atoms with E-state index in [9.17, 15) is 4.39 Å². The lowest BCUT2D eigenvalue weighted by molar-refractivity contribution is 0.385. The van der Waals surface area contributed by atoms with Gasteiger partial charge in [-0.3, -0.25) is 16.0 Å². The highest BCUT2D eigenvalue weighted by Crippen LogP contribution is 2.30. The average molecular weight is 278 g/mol. The van der Waals surface area contributed by atoms with E-state index in [1.54, 1.807) is 23.0 Å². The topological polar surface area (TPSA) is 65.1 Å². The monoisotopic (exact) mass is 278 g/mol. The fourth-order valence-corrected chi connectivity index (χ4v) is 2.28. The number of hydrazine groups is 1. The number of halogens is 1. The average Bonchev–Trinajstić information content (AvgIpc) is 2.86. The molecule has 0 fully saturated rings. The Labute approximate surface area is 117 Å². The normalized spacial score (nSPS) is 12.4.